The molecule has 5 N–H and O–H groups in total. The number of aromatic nitrogens is 2. The van der Waals surface area contributed by atoms with Crippen molar-refractivity contribution in [2.45, 2.75) is 44.5 Å². The van der Waals surface area contributed by atoms with Gasteiger partial charge in [0.1, 0.15) is 11.6 Å². The molecule has 0 spiro atoms. The summed E-state index contributed by atoms with van der Waals surface area (Å²) in [6.07, 6.45) is -2.58. The van der Waals surface area contributed by atoms with Gasteiger partial charge in [-0.05, 0) is 44.4 Å². The summed E-state index contributed by atoms with van der Waals surface area (Å²) in [6, 6.07) is 4.50. The molecule has 12 heteroatoms. The van der Waals surface area contributed by atoms with E-state index >= 15 is 0 Å². The Balaban J connectivity index is 1.65. The predicted molar refractivity (Wildman–Crippen MR) is 126 cm³/mol. The number of hydrogen-bond acceptors (Lipinski definition) is 8. The molecular weight excluding hydrogens is 463 g/mol. The highest BCUT2D eigenvalue weighted by molar-refractivity contribution is 5.93. The summed E-state index contributed by atoms with van der Waals surface area (Å²) in [5.74, 6) is 0.966. The first-order chi connectivity index (χ1) is 16.4. The summed E-state index contributed by atoms with van der Waals surface area (Å²) in [7, 11) is 0. The van der Waals surface area contributed by atoms with Crippen LogP contribution in [-0.2, 0) is 11.0 Å². The maximum Gasteiger partial charge on any atom is 0.416 e. The molecule has 1 atom stereocenters. The molecule has 9 nitrogen and oxygen atoms in total. The summed E-state index contributed by atoms with van der Waals surface area (Å²) in [4.78, 5) is 22.5. The topological polar surface area (TPSA) is 126 Å². The van der Waals surface area contributed by atoms with E-state index in [2.05, 4.69) is 25.9 Å². The molecule has 0 aliphatic carbocycles. The van der Waals surface area contributed by atoms with Gasteiger partial charge in [-0.2, -0.15) is 23.1 Å². The largest absolute Gasteiger partial charge is 0.416 e. The van der Waals surface area contributed by atoms with Crippen molar-refractivity contribution in [1.29, 1.82) is 5.41 Å². The van der Waals surface area contributed by atoms with Crippen molar-refractivity contribution >= 4 is 35.4 Å². The Morgan fingerprint density at radius 3 is 2.63 bits per heavy atom. The Morgan fingerprint density at radius 1 is 1.29 bits per heavy atom. The number of hydrogen-bond donors (Lipinski definition) is 5. The van der Waals surface area contributed by atoms with Gasteiger partial charge in [0, 0.05) is 38.0 Å². The maximum atomic E-state index is 13.2. The molecule has 35 heavy (non-hydrogen) atoms. The molecule has 2 aliphatic rings. The van der Waals surface area contributed by atoms with E-state index in [0.29, 0.717) is 37.4 Å². The highest BCUT2D eigenvalue weighted by Crippen LogP contribution is 2.35. The second-order valence-corrected chi connectivity index (χ2v) is 9.62. The van der Waals surface area contributed by atoms with Crippen LogP contribution in [-0.4, -0.2) is 58.5 Å². The van der Waals surface area contributed by atoms with Gasteiger partial charge >= 0.3 is 6.18 Å². The van der Waals surface area contributed by atoms with Crippen LogP contribution in [0.3, 0.4) is 0 Å². The fourth-order valence-corrected chi connectivity index (χ4v) is 4.37. The van der Waals surface area contributed by atoms with Crippen molar-refractivity contribution < 1.29 is 23.1 Å². The Bertz CT molecular complexity index is 1110. The summed E-state index contributed by atoms with van der Waals surface area (Å²) in [5.41, 5.74) is -1.12. The molecular formula is C23H28F3N7O2. The first kappa shape index (κ1) is 24.7. The minimum atomic E-state index is -4.50. The zero-order chi connectivity index (χ0) is 25.4. The Labute approximate surface area is 200 Å². The van der Waals surface area contributed by atoms with Crippen molar-refractivity contribution in [2.75, 3.05) is 35.2 Å². The Kier molecular flexibility index (Phi) is 6.58. The highest BCUT2D eigenvalue weighted by atomic mass is 19.4. The molecule has 3 heterocycles. The number of carbonyl (C=O) groups is 1. The minimum absolute atomic E-state index is 0.0987. The second-order valence-electron chi connectivity index (χ2n) is 9.62. The monoisotopic (exact) mass is 491 g/mol. The number of nitrogens with zero attached hydrogens (tertiary/aromatic N) is 3. The molecule has 1 aromatic carbocycles. The number of carbonyl (C=O) groups excluding carboxylic acids is 1. The number of halogens is 3. The smallest absolute Gasteiger partial charge is 0.390 e. The molecule has 188 valence electrons. The van der Waals surface area contributed by atoms with Gasteiger partial charge in [-0.1, -0.05) is 6.07 Å². The Hall–Kier alpha value is -3.41. The quantitative estimate of drug-likeness (QED) is 0.359. The lowest BCUT2D eigenvalue weighted by Crippen LogP contribution is -2.50. The van der Waals surface area contributed by atoms with Crippen LogP contribution >= 0.6 is 0 Å². The van der Waals surface area contributed by atoms with Gasteiger partial charge in [0.25, 0.3) is 0 Å². The number of alkyl halides is 3. The number of benzene rings is 1. The summed E-state index contributed by atoms with van der Waals surface area (Å²) in [6.45, 7) is 5.11. The molecule has 1 aromatic heterocycles. The minimum Gasteiger partial charge on any atom is -0.390 e. The van der Waals surface area contributed by atoms with E-state index in [1.165, 1.54) is 12.1 Å². The fourth-order valence-electron chi connectivity index (χ4n) is 4.37. The molecule has 0 radical (unpaired) electrons. The van der Waals surface area contributed by atoms with E-state index in [-0.39, 0.29) is 41.7 Å². The fraction of sp³-hybridized carbons (Fsp3) is 0.478. The molecule has 1 unspecified atom stereocenters. The van der Waals surface area contributed by atoms with Crippen molar-refractivity contribution in [2.24, 2.45) is 5.92 Å². The normalized spacial score (nSPS) is 18.7. The van der Waals surface area contributed by atoms with Crippen LogP contribution in [0.1, 0.15) is 37.8 Å². The summed E-state index contributed by atoms with van der Waals surface area (Å²) >= 11 is 0. The third-order valence-corrected chi connectivity index (χ3v) is 5.88. The zero-order valence-corrected chi connectivity index (χ0v) is 19.4. The van der Waals surface area contributed by atoms with E-state index in [1.54, 1.807) is 13.8 Å². The van der Waals surface area contributed by atoms with Crippen LogP contribution in [0.15, 0.2) is 24.3 Å². The lowest BCUT2D eigenvalue weighted by atomic mass is 9.87. The van der Waals surface area contributed by atoms with Gasteiger partial charge < -0.3 is 31.4 Å². The first-order valence-corrected chi connectivity index (χ1v) is 11.3. The maximum absolute atomic E-state index is 13.2. The molecule has 0 bridgehead atoms. The number of aliphatic hydroxyl groups is 1. The van der Waals surface area contributed by atoms with E-state index in [0.717, 1.165) is 18.3 Å². The van der Waals surface area contributed by atoms with E-state index in [1.807, 2.05) is 4.90 Å². The van der Waals surface area contributed by atoms with Gasteiger partial charge in [-0.25, -0.2) is 0 Å². The van der Waals surface area contributed by atoms with Crippen molar-refractivity contribution in [1.82, 2.24) is 15.3 Å². The second kappa shape index (κ2) is 9.33. The highest BCUT2D eigenvalue weighted by Gasteiger charge is 2.35. The number of amides is 1. The van der Waals surface area contributed by atoms with Crippen molar-refractivity contribution in [3.8, 4) is 0 Å². The molecule has 1 amide bonds. The standard InChI is InChI=1S/C23H28F3N7O2/c1-22(2,35)8-13-11-33(12-13)20-17(9-27)19(29-15-5-3-4-14(6-15)23(24,25)26)31-21(32-20)30-16-7-18(34)28-10-16/h3-6,9,13,16,27,35H,7-8,10-12H2,1-2H3,(H,28,34)(H2,29,30,31,32). The lowest BCUT2D eigenvalue weighted by molar-refractivity contribution is -0.137. The van der Waals surface area contributed by atoms with Crippen LogP contribution in [0.4, 0.5) is 36.4 Å². The van der Waals surface area contributed by atoms with Crippen LogP contribution in [0.2, 0.25) is 0 Å². The van der Waals surface area contributed by atoms with Gasteiger partial charge in [-0.3, -0.25) is 4.79 Å². The lowest BCUT2D eigenvalue weighted by Gasteiger charge is -2.43. The summed E-state index contributed by atoms with van der Waals surface area (Å²) in [5, 5.41) is 26.8. The Morgan fingerprint density at radius 2 is 2.03 bits per heavy atom. The molecule has 2 saturated heterocycles. The third-order valence-electron chi connectivity index (χ3n) is 5.88. The average Bonchev–Trinajstić information content (AvgIpc) is 3.13. The summed E-state index contributed by atoms with van der Waals surface area (Å²) < 4.78 is 39.6. The molecule has 4 rings (SSSR count). The van der Waals surface area contributed by atoms with Gasteiger partial charge in [0.15, 0.2) is 0 Å². The van der Waals surface area contributed by atoms with Crippen molar-refractivity contribution in [3.63, 3.8) is 0 Å². The number of nitrogens with one attached hydrogen (secondary N) is 4. The number of rotatable bonds is 8. The molecule has 0 saturated carbocycles. The van der Waals surface area contributed by atoms with Gasteiger partial charge in [-0.15, -0.1) is 0 Å². The van der Waals surface area contributed by atoms with Crippen molar-refractivity contribution in [3.05, 3.63) is 35.4 Å². The van der Waals surface area contributed by atoms with Crippen LogP contribution in [0.5, 0.6) is 0 Å². The first-order valence-electron chi connectivity index (χ1n) is 11.3. The zero-order valence-electron chi connectivity index (χ0n) is 19.4. The molecule has 2 fully saturated rings. The SMILES string of the molecule is CC(C)(O)CC1CN(c2nc(NC3CNC(=O)C3)nc(Nc3cccc(C(F)(F)F)c3)c2C=N)C1. The molecule has 2 aliphatic heterocycles. The predicted octanol–water partition coefficient (Wildman–Crippen LogP) is 3.13. The van der Waals surface area contributed by atoms with E-state index in [9.17, 15) is 23.1 Å². The van der Waals surface area contributed by atoms with E-state index in [4.69, 9.17) is 5.41 Å². The average molecular weight is 492 g/mol. The van der Waals surface area contributed by atoms with E-state index < -0.39 is 17.3 Å². The van der Waals surface area contributed by atoms with Gasteiger partial charge in [0.05, 0.1) is 22.8 Å². The van der Waals surface area contributed by atoms with Crippen LogP contribution < -0.4 is 20.9 Å². The number of anilines is 4. The third kappa shape index (κ3) is 5.99. The van der Waals surface area contributed by atoms with Crippen LogP contribution in [0.25, 0.3) is 0 Å². The molecule has 2 aromatic rings. The van der Waals surface area contributed by atoms with Crippen LogP contribution in [0, 0.1) is 11.3 Å². The van der Waals surface area contributed by atoms with Gasteiger partial charge in [0.2, 0.25) is 11.9 Å².